The number of nitrogens with two attached hydrogens (primary N) is 1. The van der Waals surface area contributed by atoms with Crippen LogP contribution in [0.1, 0.15) is 10.4 Å². The molecule has 0 aliphatic heterocycles. The van der Waals surface area contributed by atoms with Crippen LogP contribution in [-0.2, 0) is 0 Å². The Balaban J connectivity index is 2.96. The first kappa shape index (κ1) is 11.0. The molecule has 1 aromatic carbocycles. The topological polar surface area (TPSA) is 75.3 Å². The average molecular weight is 259 g/mol. The van der Waals surface area contributed by atoms with E-state index in [9.17, 15) is 4.79 Å². The first-order chi connectivity index (χ1) is 6.65. The van der Waals surface area contributed by atoms with Gasteiger partial charge in [-0.3, -0.25) is 0 Å². The van der Waals surface area contributed by atoms with Crippen molar-refractivity contribution in [1.82, 2.24) is 0 Å². The number of halogens is 1. The number of benzene rings is 1. The van der Waals surface area contributed by atoms with Crippen LogP contribution >= 0.6 is 15.9 Å². The molecule has 1 rings (SSSR count). The summed E-state index contributed by atoms with van der Waals surface area (Å²) in [5, 5.41) is 11.8. The van der Waals surface area contributed by atoms with Gasteiger partial charge in [0.15, 0.2) is 0 Å². The number of rotatable bonds is 4. The van der Waals surface area contributed by atoms with Crippen LogP contribution in [0.25, 0.3) is 0 Å². The molecular formula is C9H11BrN2O2. The molecule has 0 unspecified atom stereocenters. The van der Waals surface area contributed by atoms with E-state index >= 15 is 0 Å². The Hall–Kier alpha value is -1.07. The zero-order valence-corrected chi connectivity index (χ0v) is 9.04. The molecule has 0 saturated heterocycles. The maximum Gasteiger partial charge on any atom is 0.337 e. The van der Waals surface area contributed by atoms with E-state index < -0.39 is 5.97 Å². The quantitative estimate of drug-likeness (QED) is 0.766. The molecule has 0 spiro atoms. The molecule has 0 fully saturated rings. The summed E-state index contributed by atoms with van der Waals surface area (Å²) in [5.41, 5.74) is 6.15. The Labute approximate surface area is 90.2 Å². The molecule has 0 aromatic heterocycles. The summed E-state index contributed by atoms with van der Waals surface area (Å²) < 4.78 is 0.744. The lowest BCUT2D eigenvalue weighted by Gasteiger charge is -2.08. The summed E-state index contributed by atoms with van der Waals surface area (Å²) in [4.78, 5) is 10.8. The van der Waals surface area contributed by atoms with E-state index in [-0.39, 0.29) is 5.56 Å². The summed E-state index contributed by atoms with van der Waals surface area (Å²) in [6.07, 6.45) is 0. The van der Waals surface area contributed by atoms with Crippen LogP contribution in [0.5, 0.6) is 0 Å². The second-order valence-corrected chi connectivity index (χ2v) is 3.63. The molecule has 0 radical (unpaired) electrons. The van der Waals surface area contributed by atoms with E-state index in [2.05, 4.69) is 21.2 Å². The van der Waals surface area contributed by atoms with Crippen LogP contribution in [0, 0.1) is 0 Å². The highest BCUT2D eigenvalue weighted by atomic mass is 79.9. The Bertz CT molecular complexity index is 342. The van der Waals surface area contributed by atoms with Gasteiger partial charge in [0.1, 0.15) is 0 Å². The first-order valence-corrected chi connectivity index (χ1v) is 4.91. The number of carboxylic acids is 1. The number of hydrogen-bond donors (Lipinski definition) is 3. The molecule has 0 heterocycles. The second kappa shape index (κ2) is 4.97. The summed E-state index contributed by atoms with van der Waals surface area (Å²) >= 11 is 3.22. The number of nitrogens with one attached hydrogen (secondary N) is 1. The molecule has 0 amide bonds. The molecule has 5 heteroatoms. The fourth-order valence-corrected chi connectivity index (χ4v) is 1.42. The van der Waals surface area contributed by atoms with Gasteiger partial charge < -0.3 is 16.2 Å². The smallest absolute Gasteiger partial charge is 0.337 e. The van der Waals surface area contributed by atoms with Crippen LogP contribution in [-0.4, -0.2) is 24.2 Å². The van der Waals surface area contributed by atoms with Crippen molar-refractivity contribution in [3.05, 3.63) is 28.2 Å². The van der Waals surface area contributed by atoms with Gasteiger partial charge in [0, 0.05) is 23.2 Å². The highest BCUT2D eigenvalue weighted by Gasteiger charge is 2.09. The molecular weight excluding hydrogens is 248 g/mol. The van der Waals surface area contributed by atoms with Crippen molar-refractivity contribution in [3.8, 4) is 0 Å². The van der Waals surface area contributed by atoms with E-state index in [1.54, 1.807) is 18.2 Å². The monoisotopic (exact) mass is 258 g/mol. The minimum absolute atomic E-state index is 0.243. The zero-order valence-electron chi connectivity index (χ0n) is 7.46. The molecule has 76 valence electrons. The first-order valence-electron chi connectivity index (χ1n) is 4.12. The van der Waals surface area contributed by atoms with Crippen LogP contribution in [0.2, 0.25) is 0 Å². The standard InChI is InChI=1S/C9H11BrN2O2/c10-6-1-2-8(12-4-3-11)7(5-6)9(13)14/h1-2,5,12H,3-4,11H2,(H,13,14). The average Bonchev–Trinajstić information content (AvgIpc) is 2.15. The van der Waals surface area contributed by atoms with Gasteiger partial charge in [-0.05, 0) is 18.2 Å². The third kappa shape index (κ3) is 2.71. The van der Waals surface area contributed by atoms with Gasteiger partial charge in [0.05, 0.1) is 5.56 Å². The van der Waals surface area contributed by atoms with Crippen molar-refractivity contribution in [2.75, 3.05) is 18.4 Å². The highest BCUT2D eigenvalue weighted by molar-refractivity contribution is 9.10. The third-order valence-electron chi connectivity index (χ3n) is 1.67. The number of carboxylic acid groups (broad SMARTS) is 1. The molecule has 0 aliphatic carbocycles. The lowest BCUT2D eigenvalue weighted by molar-refractivity contribution is 0.0698. The fraction of sp³-hybridized carbons (Fsp3) is 0.222. The SMILES string of the molecule is NCCNc1ccc(Br)cc1C(=O)O. The molecule has 4 nitrogen and oxygen atoms in total. The maximum absolute atomic E-state index is 10.8. The van der Waals surface area contributed by atoms with E-state index in [0.717, 1.165) is 4.47 Å². The predicted molar refractivity (Wildman–Crippen MR) is 58.6 cm³/mol. The van der Waals surface area contributed by atoms with Gasteiger partial charge in [0.25, 0.3) is 0 Å². The van der Waals surface area contributed by atoms with Gasteiger partial charge >= 0.3 is 5.97 Å². The van der Waals surface area contributed by atoms with Gasteiger partial charge in [0.2, 0.25) is 0 Å². The second-order valence-electron chi connectivity index (χ2n) is 2.71. The minimum Gasteiger partial charge on any atom is -0.478 e. The summed E-state index contributed by atoms with van der Waals surface area (Å²) in [6.45, 7) is 1.02. The lowest BCUT2D eigenvalue weighted by atomic mass is 10.2. The molecule has 0 saturated carbocycles. The van der Waals surface area contributed by atoms with Crippen LogP contribution < -0.4 is 11.1 Å². The third-order valence-corrected chi connectivity index (χ3v) is 2.17. The fourth-order valence-electron chi connectivity index (χ4n) is 1.05. The van der Waals surface area contributed by atoms with Crippen molar-refractivity contribution in [3.63, 3.8) is 0 Å². The Morgan fingerprint density at radius 2 is 2.29 bits per heavy atom. The van der Waals surface area contributed by atoms with E-state index in [0.29, 0.717) is 18.8 Å². The predicted octanol–water partition coefficient (Wildman–Crippen LogP) is 1.52. The number of anilines is 1. The Kier molecular flexibility index (Phi) is 3.91. The number of carbonyl (C=O) groups is 1. The van der Waals surface area contributed by atoms with Crippen molar-refractivity contribution >= 4 is 27.6 Å². The van der Waals surface area contributed by atoms with E-state index in [1.807, 2.05) is 0 Å². The molecule has 0 aliphatic rings. The maximum atomic E-state index is 10.8. The Morgan fingerprint density at radius 3 is 2.86 bits per heavy atom. The minimum atomic E-state index is -0.953. The van der Waals surface area contributed by atoms with Crippen molar-refractivity contribution < 1.29 is 9.90 Å². The van der Waals surface area contributed by atoms with E-state index in [1.165, 1.54) is 0 Å². The number of hydrogen-bond acceptors (Lipinski definition) is 3. The molecule has 14 heavy (non-hydrogen) atoms. The number of aromatic carboxylic acids is 1. The van der Waals surface area contributed by atoms with Crippen molar-refractivity contribution in [2.45, 2.75) is 0 Å². The van der Waals surface area contributed by atoms with Gasteiger partial charge in [-0.1, -0.05) is 15.9 Å². The molecule has 0 atom stereocenters. The molecule has 0 bridgehead atoms. The van der Waals surface area contributed by atoms with Crippen LogP contribution in [0.3, 0.4) is 0 Å². The lowest BCUT2D eigenvalue weighted by Crippen LogP contribution is -2.15. The summed E-state index contributed by atoms with van der Waals surface area (Å²) in [5.74, 6) is -0.953. The van der Waals surface area contributed by atoms with Crippen LogP contribution in [0.15, 0.2) is 22.7 Å². The van der Waals surface area contributed by atoms with Crippen molar-refractivity contribution in [1.29, 1.82) is 0 Å². The summed E-state index contributed by atoms with van der Waals surface area (Å²) in [7, 11) is 0. The van der Waals surface area contributed by atoms with Gasteiger partial charge in [-0.15, -0.1) is 0 Å². The van der Waals surface area contributed by atoms with Gasteiger partial charge in [-0.25, -0.2) is 4.79 Å². The zero-order chi connectivity index (χ0) is 10.6. The molecule has 1 aromatic rings. The highest BCUT2D eigenvalue weighted by Crippen LogP contribution is 2.20. The van der Waals surface area contributed by atoms with Gasteiger partial charge in [-0.2, -0.15) is 0 Å². The Morgan fingerprint density at radius 1 is 1.57 bits per heavy atom. The summed E-state index contributed by atoms with van der Waals surface area (Å²) in [6, 6.07) is 5.05. The normalized spacial score (nSPS) is 9.86. The van der Waals surface area contributed by atoms with Crippen LogP contribution in [0.4, 0.5) is 5.69 Å². The van der Waals surface area contributed by atoms with E-state index in [4.69, 9.17) is 10.8 Å². The largest absolute Gasteiger partial charge is 0.478 e. The molecule has 4 N–H and O–H groups in total. The van der Waals surface area contributed by atoms with Crippen molar-refractivity contribution in [2.24, 2.45) is 5.73 Å².